The molecule has 1 amide bonds. The Morgan fingerprint density at radius 1 is 1.32 bits per heavy atom. The molecule has 1 aromatic heterocycles. The van der Waals surface area contributed by atoms with Crippen LogP contribution in [0.5, 0.6) is 0 Å². The fourth-order valence-electron chi connectivity index (χ4n) is 3.33. The zero-order valence-electron chi connectivity index (χ0n) is 15.2. The molecule has 3 heterocycles. The Morgan fingerprint density at radius 2 is 2.04 bits per heavy atom. The first kappa shape index (κ1) is 18.2. The number of amides is 1. The number of nitrogens with zero attached hydrogens (tertiary/aromatic N) is 4. The number of rotatable bonds is 1. The highest BCUT2D eigenvalue weighted by Gasteiger charge is 2.35. The van der Waals surface area contributed by atoms with E-state index in [9.17, 15) is 9.90 Å². The molecule has 25 heavy (non-hydrogen) atoms. The number of hydrogen-bond acceptors (Lipinski definition) is 6. The minimum Gasteiger partial charge on any atom is -0.444 e. The Labute approximate surface area is 152 Å². The summed E-state index contributed by atoms with van der Waals surface area (Å²) in [6.07, 6.45) is 1.26. The van der Waals surface area contributed by atoms with Crippen LogP contribution in [0.25, 0.3) is 0 Å². The Kier molecular flexibility index (Phi) is 4.58. The second kappa shape index (κ2) is 6.29. The van der Waals surface area contributed by atoms with Crippen molar-refractivity contribution in [3.05, 3.63) is 16.5 Å². The van der Waals surface area contributed by atoms with E-state index in [1.807, 2.05) is 32.6 Å². The molecule has 1 N–H and O–H groups in total. The summed E-state index contributed by atoms with van der Waals surface area (Å²) in [5, 5.41) is 10.5. The number of carbonyl (C=O) groups is 1. The summed E-state index contributed by atoms with van der Waals surface area (Å²) in [6, 6.07) is 0. The first-order valence-electron chi connectivity index (χ1n) is 8.55. The summed E-state index contributed by atoms with van der Waals surface area (Å²) in [5.74, 6) is 0.709. The SMILES string of the molecule is CC(C)(C)OC(=O)N1Cc2nc(Cl)nc(N3CCC[C@@](C)(O)C3)c2C1. The van der Waals surface area contributed by atoms with Crippen LogP contribution in [-0.4, -0.2) is 50.4 Å². The van der Waals surface area contributed by atoms with Crippen LogP contribution in [0.2, 0.25) is 5.28 Å². The average molecular weight is 369 g/mol. The van der Waals surface area contributed by atoms with Crippen LogP contribution in [-0.2, 0) is 17.8 Å². The molecule has 1 atom stereocenters. The van der Waals surface area contributed by atoms with Gasteiger partial charge in [0.15, 0.2) is 0 Å². The van der Waals surface area contributed by atoms with E-state index >= 15 is 0 Å². The Hall–Kier alpha value is -1.60. The van der Waals surface area contributed by atoms with Crippen molar-refractivity contribution >= 4 is 23.5 Å². The van der Waals surface area contributed by atoms with Gasteiger partial charge in [-0.1, -0.05) is 0 Å². The van der Waals surface area contributed by atoms with E-state index in [4.69, 9.17) is 16.3 Å². The maximum absolute atomic E-state index is 12.4. The summed E-state index contributed by atoms with van der Waals surface area (Å²) in [7, 11) is 0. The van der Waals surface area contributed by atoms with Gasteiger partial charge in [0, 0.05) is 18.7 Å². The number of ether oxygens (including phenoxy) is 1. The molecule has 0 unspecified atom stereocenters. The predicted molar refractivity (Wildman–Crippen MR) is 94.6 cm³/mol. The molecule has 7 nitrogen and oxygen atoms in total. The minimum atomic E-state index is -0.758. The van der Waals surface area contributed by atoms with Crippen LogP contribution < -0.4 is 4.90 Å². The Balaban J connectivity index is 1.85. The lowest BCUT2D eigenvalue weighted by Gasteiger charge is -2.38. The second-order valence-electron chi connectivity index (χ2n) is 8.10. The van der Waals surface area contributed by atoms with Crippen molar-refractivity contribution in [1.29, 1.82) is 0 Å². The van der Waals surface area contributed by atoms with Gasteiger partial charge >= 0.3 is 6.09 Å². The molecular weight excluding hydrogens is 344 g/mol. The lowest BCUT2D eigenvalue weighted by molar-refractivity contribution is 0.0239. The monoisotopic (exact) mass is 368 g/mol. The van der Waals surface area contributed by atoms with Crippen LogP contribution in [0.3, 0.4) is 0 Å². The smallest absolute Gasteiger partial charge is 0.410 e. The zero-order valence-corrected chi connectivity index (χ0v) is 15.9. The first-order chi connectivity index (χ1) is 11.5. The van der Waals surface area contributed by atoms with Crippen molar-refractivity contribution in [2.45, 2.75) is 64.8 Å². The summed E-state index contributed by atoms with van der Waals surface area (Å²) in [5.41, 5.74) is 0.314. The van der Waals surface area contributed by atoms with Crippen molar-refractivity contribution in [2.75, 3.05) is 18.0 Å². The molecule has 0 spiro atoms. The first-order valence-corrected chi connectivity index (χ1v) is 8.92. The molecule has 0 bridgehead atoms. The predicted octanol–water partition coefficient (Wildman–Crippen LogP) is 2.73. The van der Waals surface area contributed by atoms with Crippen LogP contribution in [0.15, 0.2) is 0 Å². The molecule has 0 radical (unpaired) electrons. The maximum Gasteiger partial charge on any atom is 0.410 e. The molecule has 0 aromatic carbocycles. The van der Waals surface area contributed by atoms with E-state index in [1.165, 1.54) is 0 Å². The van der Waals surface area contributed by atoms with Crippen LogP contribution >= 0.6 is 11.6 Å². The van der Waals surface area contributed by atoms with Gasteiger partial charge in [0.05, 0.1) is 24.4 Å². The zero-order chi connectivity index (χ0) is 18.4. The average Bonchev–Trinajstić information content (AvgIpc) is 2.87. The number of aliphatic hydroxyl groups is 1. The summed E-state index contributed by atoms with van der Waals surface area (Å²) in [6.45, 7) is 9.36. The topological polar surface area (TPSA) is 78.8 Å². The third-order valence-electron chi connectivity index (χ3n) is 4.36. The standard InChI is InChI=1S/C17H25ClN4O3/c1-16(2,3)25-15(23)22-8-11-12(9-22)19-14(18)20-13(11)21-7-5-6-17(4,24)10-21/h24H,5-10H2,1-4H3/t17-/m1/s1. The molecule has 1 saturated heterocycles. The van der Waals surface area contributed by atoms with Gasteiger partial charge in [0.2, 0.25) is 5.28 Å². The molecule has 2 aliphatic rings. The number of carbonyl (C=O) groups excluding carboxylic acids is 1. The molecule has 138 valence electrons. The van der Waals surface area contributed by atoms with Crippen LogP contribution in [0.1, 0.15) is 51.8 Å². The van der Waals surface area contributed by atoms with Crippen molar-refractivity contribution in [3.63, 3.8) is 0 Å². The molecule has 8 heteroatoms. The number of piperidine rings is 1. The van der Waals surface area contributed by atoms with Crippen molar-refractivity contribution in [3.8, 4) is 0 Å². The molecule has 0 aliphatic carbocycles. The highest BCUT2D eigenvalue weighted by Crippen LogP contribution is 2.34. The van der Waals surface area contributed by atoms with Gasteiger partial charge in [-0.05, 0) is 52.1 Å². The number of halogens is 1. The lowest BCUT2D eigenvalue weighted by Crippen LogP contribution is -2.46. The van der Waals surface area contributed by atoms with Gasteiger partial charge in [-0.2, -0.15) is 0 Å². The van der Waals surface area contributed by atoms with E-state index in [1.54, 1.807) is 4.90 Å². The summed E-state index contributed by atoms with van der Waals surface area (Å²) in [4.78, 5) is 24.7. The molecular formula is C17H25ClN4O3. The minimum absolute atomic E-state index is 0.157. The van der Waals surface area contributed by atoms with Gasteiger partial charge in [0.1, 0.15) is 11.4 Å². The number of aromatic nitrogens is 2. The van der Waals surface area contributed by atoms with Gasteiger partial charge in [-0.15, -0.1) is 0 Å². The number of hydrogen-bond donors (Lipinski definition) is 1. The van der Waals surface area contributed by atoms with Crippen molar-refractivity contribution in [1.82, 2.24) is 14.9 Å². The van der Waals surface area contributed by atoms with Crippen LogP contribution in [0.4, 0.5) is 10.6 Å². The summed E-state index contributed by atoms with van der Waals surface area (Å²) < 4.78 is 5.45. The largest absolute Gasteiger partial charge is 0.444 e. The van der Waals surface area contributed by atoms with Crippen molar-refractivity contribution < 1.29 is 14.6 Å². The van der Waals surface area contributed by atoms with Gasteiger partial charge in [-0.25, -0.2) is 14.8 Å². The van der Waals surface area contributed by atoms with Crippen LogP contribution in [0, 0.1) is 0 Å². The quantitative estimate of drug-likeness (QED) is 0.768. The van der Waals surface area contributed by atoms with Gasteiger partial charge < -0.3 is 14.7 Å². The summed E-state index contributed by atoms with van der Waals surface area (Å²) >= 11 is 6.11. The highest BCUT2D eigenvalue weighted by molar-refractivity contribution is 6.28. The van der Waals surface area contributed by atoms with Gasteiger partial charge in [0.25, 0.3) is 0 Å². The van der Waals surface area contributed by atoms with E-state index in [0.717, 1.165) is 30.6 Å². The Morgan fingerprint density at radius 3 is 2.68 bits per heavy atom. The third-order valence-corrected chi connectivity index (χ3v) is 4.53. The number of anilines is 1. The molecule has 3 rings (SSSR count). The molecule has 0 saturated carbocycles. The fourth-order valence-corrected chi connectivity index (χ4v) is 3.51. The van der Waals surface area contributed by atoms with Crippen molar-refractivity contribution in [2.24, 2.45) is 0 Å². The Bertz CT molecular complexity index is 687. The molecule has 1 aromatic rings. The highest BCUT2D eigenvalue weighted by atomic mass is 35.5. The lowest BCUT2D eigenvalue weighted by atomic mass is 9.95. The normalized spacial score (nSPS) is 23.6. The van der Waals surface area contributed by atoms with E-state index < -0.39 is 11.2 Å². The number of β-amino-alcohol motifs (C(OH)–C–C–N with tert-alkyl or cyclic N) is 1. The molecule has 1 fully saturated rings. The van der Waals surface area contributed by atoms with E-state index in [-0.39, 0.29) is 11.4 Å². The fraction of sp³-hybridized carbons (Fsp3) is 0.706. The van der Waals surface area contributed by atoms with E-state index in [0.29, 0.717) is 25.5 Å². The van der Waals surface area contributed by atoms with Gasteiger partial charge in [-0.3, -0.25) is 4.90 Å². The molecule has 2 aliphatic heterocycles. The maximum atomic E-state index is 12.4. The third kappa shape index (κ3) is 4.15. The number of fused-ring (bicyclic) bond motifs is 1. The van der Waals surface area contributed by atoms with E-state index in [2.05, 4.69) is 9.97 Å². The second-order valence-corrected chi connectivity index (χ2v) is 8.44.